The van der Waals surface area contributed by atoms with Crippen molar-refractivity contribution < 1.29 is 9.21 Å². The van der Waals surface area contributed by atoms with Crippen LogP contribution < -0.4 is 5.32 Å². The van der Waals surface area contributed by atoms with E-state index in [1.165, 1.54) is 29.7 Å². The van der Waals surface area contributed by atoms with Gasteiger partial charge < -0.3 is 9.73 Å². The quantitative estimate of drug-likeness (QED) is 0.801. The van der Waals surface area contributed by atoms with Crippen LogP contribution >= 0.6 is 23.2 Å². The average Bonchev–Trinajstić information content (AvgIpc) is 3.10. The lowest BCUT2D eigenvalue weighted by Gasteiger charge is -2.10. The molecule has 8 heteroatoms. The number of carbonyl (C=O) groups excluding carboxylic acids is 1. The maximum Gasteiger partial charge on any atom is 0.260 e. The van der Waals surface area contributed by atoms with Gasteiger partial charge in [0, 0.05) is 5.02 Å². The fraction of sp³-hybridized carbons (Fsp3) is 0. The van der Waals surface area contributed by atoms with Gasteiger partial charge in [-0.2, -0.15) is 5.10 Å². The Kier molecular flexibility index (Phi) is 3.64. The lowest BCUT2D eigenvalue weighted by Crippen LogP contribution is -2.13. The monoisotopic (exact) mass is 322 g/mol. The molecule has 6 nitrogen and oxygen atoms in total. The Hall–Kier alpha value is -2.31. The molecule has 0 fully saturated rings. The Labute approximate surface area is 129 Å². The zero-order chi connectivity index (χ0) is 14.8. The molecule has 3 rings (SSSR count). The number of nitrogens with zero attached hydrogens (tertiary/aromatic N) is 3. The summed E-state index contributed by atoms with van der Waals surface area (Å²) < 4.78 is 6.42. The molecule has 2 aromatic heterocycles. The third kappa shape index (κ3) is 2.76. The standard InChI is InChI=1S/C13H8Cl2N4O2/c14-8-1-2-11(19-7-16-6-17-19)10(5-8)18-13(20)9-3-4-21-12(9)15/h1-7H,(H,18,20). The SMILES string of the molecule is O=C(Nc1cc(Cl)ccc1-n1cncn1)c1ccoc1Cl. The Morgan fingerprint density at radius 2 is 2.14 bits per heavy atom. The second kappa shape index (κ2) is 5.59. The van der Waals surface area contributed by atoms with Crippen LogP contribution in [0.5, 0.6) is 0 Å². The van der Waals surface area contributed by atoms with Gasteiger partial charge >= 0.3 is 0 Å². The summed E-state index contributed by atoms with van der Waals surface area (Å²) in [6.45, 7) is 0. The van der Waals surface area contributed by atoms with Crippen molar-refractivity contribution in [1.29, 1.82) is 0 Å². The van der Waals surface area contributed by atoms with Crippen LogP contribution in [0, 0.1) is 0 Å². The number of rotatable bonds is 3. The molecule has 0 radical (unpaired) electrons. The third-order valence-electron chi connectivity index (χ3n) is 2.73. The van der Waals surface area contributed by atoms with E-state index in [9.17, 15) is 4.79 Å². The molecule has 1 aromatic carbocycles. The number of anilines is 1. The summed E-state index contributed by atoms with van der Waals surface area (Å²) >= 11 is 11.8. The fourth-order valence-electron chi connectivity index (χ4n) is 1.79. The first kappa shape index (κ1) is 13.7. The van der Waals surface area contributed by atoms with Crippen molar-refractivity contribution >= 4 is 34.8 Å². The van der Waals surface area contributed by atoms with E-state index in [-0.39, 0.29) is 10.8 Å². The molecule has 0 aliphatic carbocycles. The van der Waals surface area contributed by atoms with E-state index in [4.69, 9.17) is 27.6 Å². The number of hydrogen-bond donors (Lipinski definition) is 1. The number of benzene rings is 1. The Morgan fingerprint density at radius 3 is 2.81 bits per heavy atom. The highest BCUT2D eigenvalue weighted by Gasteiger charge is 2.16. The van der Waals surface area contributed by atoms with Crippen LogP contribution in [0.15, 0.2) is 47.6 Å². The summed E-state index contributed by atoms with van der Waals surface area (Å²) in [6.07, 6.45) is 4.25. The number of aromatic nitrogens is 3. The highest BCUT2D eigenvalue weighted by Crippen LogP contribution is 2.25. The number of furan rings is 1. The molecule has 0 spiro atoms. The number of carbonyl (C=O) groups is 1. The van der Waals surface area contributed by atoms with E-state index in [0.29, 0.717) is 16.4 Å². The minimum Gasteiger partial charge on any atom is -0.452 e. The third-order valence-corrected chi connectivity index (χ3v) is 3.26. The Bertz CT molecular complexity index is 783. The van der Waals surface area contributed by atoms with Gasteiger partial charge in [0.1, 0.15) is 12.7 Å². The molecule has 1 N–H and O–H groups in total. The topological polar surface area (TPSA) is 73.0 Å². The summed E-state index contributed by atoms with van der Waals surface area (Å²) in [5.74, 6) is -0.405. The molecular weight excluding hydrogens is 315 g/mol. The lowest BCUT2D eigenvalue weighted by atomic mass is 10.2. The molecule has 0 saturated heterocycles. The van der Waals surface area contributed by atoms with Crippen LogP contribution in [-0.2, 0) is 0 Å². The van der Waals surface area contributed by atoms with E-state index >= 15 is 0 Å². The summed E-state index contributed by atoms with van der Waals surface area (Å²) in [4.78, 5) is 16.1. The molecule has 0 bridgehead atoms. The smallest absolute Gasteiger partial charge is 0.260 e. The Morgan fingerprint density at radius 1 is 1.29 bits per heavy atom. The van der Waals surface area contributed by atoms with Gasteiger partial charge in [-0.1, -0.05) is 11.6 Å². The number of halogens is 2. The van der Waals surface area contributed by atoms with Gasteiger partial charge in [-0.3, -0.25) is 4.79 Å². The van der Waals surface area contributed by atoms with Gasteiger partial charge in [-0.05, 0) is 35.9 Å². The molecule has 0 aliphatic rings. The van der Waals surface area contributed by atoms with Crippen LogP contribution in [0.3, 0.4) is 0 Å². The minimum atomic E-state index is -0.405. The highest BCUT2D eigenvalue weighted by molar-refractivity contribution is 6.33. The van der Waals surface area contributed by atoms with Crippen LogP contribution in [0.4, 0.5) is 5.69 Å². The zero-order valence-corrected chi connectivity index (χ0v) is 12.0. The maximum atomic E-state index is 12.2. The van der Waals surface area contributed by atoms with Gasteiger partial charge in [-0.25, -0.2) is 9.67 Å². The molecule has 0 atom stereocenters. The van der Waals surface area contributed by atoms with Crippen LogP contribution in [0.25, 0.3) is 5.69 Å². The van der Waals surface area contributed by atoms with E-state index in [1.54, 1.807) is 18.2 Å². The number of hydrogen-bond acceptors (Lipinski definition) is 4. The molecule has 3 aromatic rings. The van der Waals surface area contributed by atoms with Crippen LogP contribution in [0.1, 0.15) is 10.4 Å². The van der Waals surface area contributed by atoms with E-state index in [0.717, 1.165) is 0 Å². The molecule has 1 amide bonds. The predicted octanol–water partition coefficient (Wildman–Crippen LogP) is 3.42. The largest absolute Gasteiger partial charge is 0.452 e. The van der Waals surface area contributed by atoms with Crippen molar-refractivity contribution in [1.82, 2.24) is 14.8 Å². The fourth-order valence-corrected chi connectivity index (χ4v) is 2.16. The molecule has 106 valence electrons. The Balaban J connectivity index is 1.97. The van der Waals surface area contributed by atoms with Crippen molar-refractivity contribution in [2.24, 2.45) is 0 Å². The van der Waals surface area contributed by atoms with E-state index in [2.05, 4.69) is 15.4 Å². The lowest BCUT2D eigenvalue weighted by molar-refractivity contribution is 0.102. The van der Waals surface area contributed by atoms with Crippen molar-refractivity contribution in [3.05, 3.63) is 59.0 Å². The molecular formula is C13H8Cl2N4O2. The molecule has 0 aliphatic heterocycles. The second-order valence-corrected chi connectivity index (χ2v) is 4.84. The van der Waals surface area contributed by atoms with Crippen LogP contribution in [-0.4, -0.2) is 20.7 Å². The summed E-state index contributed by atoms with van der Waals surface area (Å²) in [5.41, 5.74) is 1.35. The zero-order valence-electron chi connectivity index (χ0n) is 10.5. The predicted molar refractivity (Wildman–Crippen MR) is 78.0 cm³/mol. The van der Waals surface area contributed by atoms with Gasteiger partial charge in [0.25, 0.3) is 5.91 Å². The second-order valence-electron chi connectivity index (χ2n) is 4.06. The van der Waals surface area contributed by atoms with Crippen LogP contribution in [0.2, 0.25) is 10.2 Å². The van der Waals surface area contributed by atoms with Crippen molar-refractivity contribution in [3.63, 3.8) is 0 Å². The first-order valence-electron chi connectivity index (χ1n) is 5.84. The summed E-state index contributed by atoms with van der Waals surface area (Å²) in [7, 11) is 0. The highest BCUT2D eigenvalue weighted by atomic mass is 35.5. The van der Waals surface area contributed by atoms with Crippen molar-refractivity contribution in [2.45, 2.75) is 0 Å². The van der Waals surface area contributed by atoms with Gasteiger partial charge in [-0.15, -0.1) is 0 Å². The van der Waals surface area contributed by atoms with Crippen molar-refractivity contribution in [3.8, 4) is 5.69 Å². The summed E-state index contributed by atoms with van der Waals surface area (Å²) in [5, 5.41) is 7.26. The van der Waals surface area contributed by atoms with E-state index in [1.807, 2.05) is 0 Å². The first-order chi connectivity index (χ1) is 10.1. The van der Waals surface area contributed by atoms with Gasteiger partial charge in [0.2, 0.25) is 5.22 Å². The first-order valence-corrected chi connectivity index (χ1v) is 6.59. The van der Waals surface area contributed by atoms with E-state index < -0.39 is 5.91 Å². The normalized spacial score (nSPS) is 10.6. The van der Waals surface area contributed by atoms with Crippen molar-refractivity contribution in [2.75, 3.05) is 5.32 Å². The van der Waals surface area contributed by atoms with Gasteiger partial charge in [0.15, 0.2) is 0 Å². The molecule has 0 unspecified atom stereocenters. The maximum absolute atomic E-state index is 12.2. The molecule has 0 saturated carbocycles. The van der Waals surface area contributed by atoms with Gasteiger partial charge in [0.05, 0.1) is 23.2 Å². The minimum absolute atomic E-state index is 0.0248. The molecule has 2 heterocycles. The summed E-state index contributed by atoms with van der Waals surface area (Å²) in [6, 6.07) is 6.52. The number of amides is 1. The average molecular weight is 323 g/mol. The molecule has 21 heavy (non-hydrogen) atoms. The number of nitrogens with one attached hydrogen (secondary N) is 1.